The van der Waals surface area contributed by atoms with Gasteiger partial charge in [0.1, 0.15) is 23.2 Å². The minimum atomic E-state index is -4.70. The molecule has 1 aromatic heterocycles. The van der Waals surface area contributed by atoms with Crippen molar-refractivity contribution >= 4 is 11.7 Å². The Kier molecular flexibility index (Phi) is 4.51. The number of ether oxygens (including phenoxy) is 1. The average Bonchev–Trinajstić information content (AvgIpc) is 3.40. The second-order valence-corrected chi connectivity index (χ2v) is 7.19. The summed E-state index contributed by atoms with van der Waals surface area (Å²) < 4.78 is 57.5. The molecule has 0 bridgehead atoms. The number of aromatic carboxylic acids is 1. The lowest BCUT2D eigenvalue weighted by Gasteiger charge is -2.42. The first-order chi connectivity index (χ1) is 13.6. The predicted octanol–water partition coefficient (Wildman–Crippen LogP) is 3.38. The Morgan fingerprint density at radius 2 is 1.90 bits per heavy atom. The Bertz CT molecular complexity index is 1020. The number of benzene rings is 1. The van der Waals surface area contributed by atoms with E-state index in [0.29, 0.717) is 11.8 Å². The number of H-pyrrole nitrogens is 1. The molecular formula is C19H16F4N2O4. The maximum Gasteiger partial charge on any atom is 0.416 e. The van der Waals surface area contributed by atoms with Crippen LogP contribution in [-0.4, -0.2) is 35.3 Å². The molecule has 4 rings (SSSR count). The van der Waals surface area contributed by atoms with Crippen LogP contribution in [0.25, 0.3) is 0 Å². The molecule has 29 heavy (non-hydrogen) atoms. The van der Waals surface area contributed by atoms with Crippen molar-refractivity contribution in [3.05, 3.63) is 57.3 Å². The lowest BCUT2D eigenvalue weighted by atomic mass is 10.0. The Hall–Kier alpha value is -3.04. The van der Waals surface area contributed by atoms with Gasteiger partial charge < -0.3 is 19.7 Å². The number of alkyl halides is 3. The molecule has 0 radical (unpaired) electrons. The fourth-order valence-corrected chi connectivity index (χ4v) is 3.46. The van der Waals surface area contributed by atoms with Crippen LogP contribution in [0.15, 0.2) is 29.2 Å². The van der Waals surface area contributed by atoms with Gasteiger partial charge in [0, 0.05) is 12.3 Å². The maximum absolute atomic E-state index is 13.5. The number of carboxylic acids is 1. The number of halogens is 4. The van der Waals surface area contributed by atoms with Gasteiger partial charge in [-0.15, -0.1) is 0 Å². The second kappa shape index (κ2) is 6.78. The van der Waals surface area contributed by atoms with E-state index in [1.54, 1.807) is 4.90 Å². The number of aromatic amines is 1. The van der Waals surface area contributed by atoms with Crippen molar-refractivity contribution in [2.24, 2.45) is 0 Å². The SMILES string of the molecule is O=C(O)c1c(N2CC(Oc3cc(F)cc(C(F)(F)F)c3)C2)c(C2CC2)c[nH]c1=O. The smallest absolute Gasteiger partial charge is 0.416 e. The molecule has 1 saturated heterocycles. The van der Waals surface area contributed by atoms with Gasteiger partial charge in [-0.3, -0.25) is 4.79 Å². The third kappa shape index (κ3) is 3.79. The van der Waals surface area contributed by atoms with Crippen molar-refractivity contribution < 1.29 is 32.2 Å². The molecule has 10 heteroatoms. The van der Waals surface area contributed by atoms with Gasteiger partial charge in [0.2, 0.25) is 0 Å². The lowest BCUT2D eigenvalue weighted by molar-refractivity contribution is -0.137. The van der Waals surface area contributed by atoms with Crippen LogP contribution in [0.1, 0.15) is 40.2 Å². The molecule has 2 fully saturated rings. The molecule has 0 atom stereocenters. The van der Waals surface area contributed by atoms with Crippen molar-refractivity contribution in [3.63, 3.8) is 0 Å². The monoisotopic (exact) mass is 412 g/mol. The number of nitrogens with one attached hydrogen (secondary N) is 1. The normalized spacial score (nSPS) is 17.2. The van der Waals surface area contributed by atoms with Gasteiger partial charge in [0.05, 0.1) is 24.3 Å². The highest BCUT2D eigenvalue weighted by Crippen LogP contribution is 2.45. The van der Waals surface area contributed by atoms with E-state index in [0.717, 1.165) is 30.5 Å². The molecule has 2 aromatic rings. The standard InChI is InChI=1S/C19H16F4N2O4/c20-11-3-10(19(21,22)23)4-12(5-11)29-13-7-25(8-13)16-14(9-1-2-9)6-24-17(26)15(16)18(27)28/h3-6,9,13H,1-2,7-8H2,(H,24,26)(H,27,28). The van der Waals surface area contributed by atoms with Gasteiger partial charge in [-0.05, 0) is 36.5 Å². The minimum absolute atomic E-state index is 0.164. The summed E-state index contributed by atoms with van der Waals surface area (Å²) in [7, 11) is 0. The molecule has 6 nitrogen and oxygen atoms in total. The van der Waals surface area contributed by atoms with Crippen LogP contribution in [-0.2, 0) is 6.18 Å². The number of rotatable bonds is 5. The molecule has 1 aliphatic heterocycles. The minimum Gasteiger partial charge on any atom is -0.487 e. The predicted molar refractivity (Wildman–Crippen MR) is 94.0 cm³/mol. The van der Waals surface area contributed by atoms with Crippen molar-refractivity contribution in [2.45, 2.75) is 31.0 Å². The third-order valence-corrected chi connectivity index (χ3v) is 4.99. The zero-order chi connectivity index (χ0) is 20.9. The molecule has 0 amide bonds. The highest BCUT2D eigenvalue weighted by Gasteiger charge is 2.38. The summed E-state index contributed by atoms with van der Waals surface area (Å²) in [6.07, 6.45) is -1.99. The van der Waals surface area contributed by atoms with Crippen molar-refractivity contribution in [3.8, 4) is 5.75 Å². The van der Waals surface area contributed by atoms with Gasteiger partial charge in [-0.2, -0.15) is 13.2 Å². The topological polar surface area (TPSA) is 82.6 Å². The van der Waals surface area contributed by atoms with E-state index in [4.69, 9.17) is 4.74 Å². The molecule has 2 aliphatic rings. The van der Waals surface area contributed by atoms with E-state index in [1.165, 1.54) is 6.20 Å². The zero-order valence-electron chi connectivity index (χ0n) is 14.9. The Labute approximate surface area is 161 Å². The summed E-state index contributed by atoms with van der Waals surface area (Å²) in [5.41, 5.74) is -1.19. The van der Waals surface area contributed by atoms with Gasteiger partial charge in [-0.25, -0.2) is 9.18 Å². The van der Waals surface area contributed by atoms with Gasteiger partial charge in [0.15, 0.2) is 0 Å². The fourth-order valence-electron chi connectivity index (χ4n) is 3.46. The van der Waals surface area contributed by atoms with E-state index < -0.39 is 35.2 Å². The number of carbonyl (C=O) groups is 1. The number of aromatic nitrogens is 1. The number of carboxylic acid groups (broad SMARTS) is 1. The first-order valence-electron chi connectivity index (χ1n) is 8.91. The Balaban J connectivity index is 1.54. The molecule has 1 aromatic carbocycles. The maximum atomic E-state index is 13.5. The summed E-state index contributed by atoms with van der Waals surface area (Å²) in [5.74, 6) is -2.51. The Morgan fingerprint density at radius 1 is 1.21 bits per heavy atom. The summed E-state index contributed by atoms with van der Waals surface area (Å²) >= 11 is 0. The van der Waals surface area contributed by atoms with Crippen molar-refractivity contribution in [1.29, 1.82) is 0 Å². The van der Waals surface area contributed by atoms with Crippen LogP contribution in [0, 0.1) is 5.82 Å². The average molecular weight is 412 g/mol. The van der Waals surface area contributed by atoms with Crippen LogP contribution in [0.4, 0.5) is 23.2 Å². The summed E-state index contributed by atoms with van der Waals surface area (Å²) in [5, 5.41) is 9.45. The van der Waals surface area contributed by atoms with Crippen molar-refractivity contribution in [2.75, 3.05) is 18.0 Å². The first-order valence-corrected chi connectivity index (χ1v) is 8.91. The molecule has 0 spiro atoms. The number of hydrogen-bond acceptors (Lipinski definition) is 4. The van der Waals surface area contributed by atoms with Crippen LogP contribution >= 0.6 is 0 Å². The fraction of sp³-hybridized carbons (Fsp3) is 0.368. The third-order valence-electron chi connectivity index (χ3n) is 4.99. The van der Waals surface area contributed by atoms with Gasteiger partial charge in [0.25, 0.3) is 5.56 Å². The van der Waals surface area contributed by atoms with E-state index in [2.05, 4.69) is 4.98 Å². The van der Waals surface area contributed by atoms with Gasteiger partial charge in [-0.1, -0.05) is 0 Å². The van der Waals surface area contributed by atoms with Gasteiger partial charge >= 0.3 is 12.1 Å². The quantitative estimate of drug-likeness (QED) is 0.736. The number of pyridine rings is 1. The molecular weight excluding hydrogens is 396 g/mol. The molecule has 2 heterocycles. The van der Waals surface area contributed by atoms with Crippen molar-refractivity contribution in [1.82, 2.24) is 4.98 Å². The van der Waals surface area contributed by atoms with Crippen LogP contribution in [0.5, 0.6) is 5.75 Å². The summed E-state index contributed by atoms with van der Waals surface area (Å²) in [6.45, 7) is 0.336. The molecule has 2 N–H and O–H groups in total. The first kappa shape index (κ1) is 19.3. The van der Waals surface area contributed by atoms with E-state index >= 15 is 0 Å². The Morgan fingerprint density at radius 3 is 2.48 bits per heavy atom. The van der Waals surface area contributed by atoms with Crippen LogP contribution in [0.2, 0.25) is 0 Å². The van der Waals surface area contributed by atoms with Crippen LogP contribution < -0.4 is 15.2 Å². The summed E-state index contributed by atoms with van der Waals surface area (Å²) in [4.78, 5) is 27.7. The van der Waals surface area contributed by atoms with E-state index in [-0.39, 0.29) is 30.3 Å². The highest BCUT2D eigenvalue weighted by atomic mass is 19.4. The molecule has 154 valence electrons. The second-order valence-electron chi connectivity index (χ2n) is 7.19. The molecule has 1 aliphatic carbocycles. The zero-order valence-corrected chi connectivity index (χ0v) is 14.9. The largest absolute Gasteiger partial charge is 0.487 e. The number of hydrogen-bond donors (Lipinski definition) is 2. The molecule has 1 saturated carbocycles. The highest BCUT2D eigenvalue weighted by molar-refractivity contribution is 5.95. The molecule has 0 unspecified atom stereocenters. The van der Waals surface area contributed by atoms with Crippen LogP contribution in [0.3, 0.4) is 0 Å². The van der Waals surface area contributed by atoms with E-state index in [1.807, 2.05) is 0 Å². The lowest BCUT2D eigenvalue weighted by Crippen LogP contribution is -2.55. The summed E-state index contributed by atoms with van der Waals surface area (Å²) in [6, 6.07) is 1.97. The van der Waals surface area contributed by atoms with E-state index in [9.17, 15) is 32.3 Å². The number of nitrogens with zero attached hydrogens (tertiary/aromatic N) is 1. The number of anilines is 1.